The topological polar surface area (TPSA) is 125 Å². The van der Waals surface area contributed by atoms with Gasteiger partial charge in [0.05, 0.1) is 23.7 Å². The lowest BCUT2D eigenvalue weighted by molar-refractivity contribution is 0.0995. The molecule has 2 heterocycles. The van der Waals surface area contributed by atoms with E-state index in [4.69, 9.17) is 13.6 Å². The van der Waals surface area contributed by atoms with Crippen molar-refractivity contribution >= 4 is 32.7 Å². The molecule has 166 valence electrons. The lowest BCUT2D eigenvalue weighted by atomic mass is 10.1. The lowest BCUT2D eigenvalue weighted by Crippen LogP contribution is -2.13. The summed E-state index contributed by atoms with van der Waals surface area (Å²) in [5, 5.41) is 10.5. The number of benzene rings is 2. The van der Waals surface area contributed by atoms with Gasteiger partial charge in [-0.1, -0.05) is 29.4 Å². The maximum atomic E-state index is 12.5. The zero-order valence-corrected chi connectivity index (χ0v) is 18.5. The van der Waals surface area contributed by atoms with E-state index in [2.05, 4.69) is 15.5 Å². The van der Waals surface area contributed by atoms with Crippen LogP contribution in [0, 0.1) is 0 Å². The summed E-state index contributed by atoms with van der Waals surface area (Å²) in [6.45, 7) is 3.28. The van der Waals surface area contributed by atoms with Gasteiger partial charge in [-0.25, -0.2) is 8.42 Å². The Balaban J connectivity index is 1.45. The largest absolute Gasteiger partial charge is 0.493 e. The average molecular weight is 455 g/mol. The number of methoxy groups -OCH3 is 1. The first-order chi connectivity index (χ1) is 15.3. The maximum absolute atomic E-state index is 12.5. The number of hydrogen-bond donors (Lipinski definition) is 1. The molecule has 4 rings (SSSR count). The summed E-state index contributed by atoms with van der Waals surface area (Å²) in [6, 6.07) is 13.4. The molecule has 1 amide bonds. The van der Waals surface area contributed by atoms with Gasteiger partial charge in [0.15, 0.2) is 26.9 Å². The zero-order chi connectivity index (χ0) is 22.9. The van der Waals surface area contributed by atoms with Crippen LogP contribution in [-0.4, -0.2) is 36.9 Å². The van der Waals surface area contributed by atoms with E-state index in [-0.39, 0.29) is 29.0 Å². The third-order valence-corrected chi connectivity index (χ3v) is 7.04. The van der Waals surface area contributed by atoms with Gasteiger partial charge in [-0.05, 0) is 43.7 Å². The number of aromatic nitrogens is 2. The van der Waals surface area contributed by atoms with Gasteiger partial charge >= 0.3 is 6.01 Å². The summed E-state index contributed by atoms with van der Waals surface area (Å²) >= 11 is 0. The Bertz CT molecular complexity index is 1370. The molecule has 0 saturated carbocycles. The fourth-order valence-electron chi connectivity index (χ4n) is 3.09. The van der Waals surface area contributed by atoms with Gasteiger partial charge in [-0.2, -0.15) is 0 Å². The van der Waals surface area contributed by atoms with Gasteiger partial charge in [0.25, 0.3) is 5.91 Å². The van der Waals surface area contributed by atoms with Gasteiger partial charge in [-0.3, -0.25) is 10.1 Å². The van der Waals surface area contributed by atoms with E-state index in [0.717, 1.165) is 10.9 Å². The molecular weight excluding hydrogens is 434 g/mol. The number of carbonyl (C=O) groups excluding carboxylic acids is 1. The minimum Gasteiger partial charge on any atom is -0.493 e. The van der Waals surface area contributed by atoms with E-state index in [0.29, 0.717) is 11.3 Å². The van der Waals surface area contributed by atoms with Crippen LogP contribution in [-0.2, 0) is 16.3 Å². The van der Waals surface area contributed by atoms with Crippen molar-refractivity contribution in [3.05, 3.63) is 65.7 Å². The van der Waals surface area contributed by atoms with Gasteiger partial charge in [0.1, 0.15) is 0 Å². The molecule has 10 heteroatoms. The number of anilines is 1. The maximum Gasteiger partial charge on any atom is 0.322 e. The van der Waals surface area contributed by atoms with Crippen LogP contribution in [0.2, 0.25) is 0 Å². The summed E-state index contributed by atoms with van der Waals surface area (Å²) < 4.78 is 40.8. The van der Waals surface area contributed by atoms with Crippen LogP contribution in [0.25, 0.3) is 11.0 Å². The van der Waals surface area contributed by atoms with Crippen LogP contribution in [0.1, 0.15) is 35.9 Å². The smallest absolute Gasteiger partial charge is 0.322 e. The van der Waals surface area contributed by atoms with Crippen LogP contribution >= 0.6 is 0 Å². The molecule has 4 aromatic rings. The molecule has 0 radical (unpaired) electrons. The van der Waals surface area contributed by atoms with E-state index >= 15 is 0 Å². The minimum absolute atomic E-state index is 0.0728. The Labute approximate surface area is 184 Å². The highest BCUT2D eigenvalue weighted by Gasteiger charge is 2.20. The molecule has 2 aromatic carbocycles. The standard InChI is InChI=1S/C22H21N3O6S/c1-13(2)32(27,28)16-9-7-14(8-10-16)11-19-24-25-22(31-19)23-21(26)18-12-15-5-4-6-17(29-3)20(15)30-18/h4-10,12-13H,11H2,1-3H3,(H,23,25,26). The molecule has 2 aromatic heterocycles. The molecular formula is C22H21N3O6S. The summed E-state index contributed by atoms with van der Waals surface area (Å²) in [5.41, 5.74) is 1.26. The van der Waals surface area contributed by atoms with Crippen molar-refractivity contribution in [2.45, 2.75) is 30.4 Å². The van der Waals surface area contributed by atoms with Gasteiger partial charge < -0.3 is 13.6 Å². The SMILES string of the molecule is COc1cccc2cc(C(=O)Nc3nnc(Cc4ccc(S(=O)(=O)C(C)C)cc4)o3)oc12. The molecule has 0 spiro atoms. The van der Waals surface area contributed by atoms with Crippen molar-refractivity contribution in [2.24, 2.45) is 0 Å². The number of para-hydroxylation sites is 1. The van der Waals surface area contributed by atoms with Crippen molar-refractivity contribution in [3.8, 4) is 5.75 Å². The van der Waals surface area contributed by atoms with Crippen molar-refractivity contribution in [1.29, 1.82) is 0 Å². The highest BCUT2D eigenvalue weighted by atomic mass is 32.2. The van der Waals surface area contributed by atoms with Crippen LogP contribution < -0.4 is 10.1 Å². The molecule has 0 unspecified atom stereocenters. The molecule has 0 bridgehead atoms. The van der Waals surface area contributed by atoms with Gasteiger partial charge in [0, 0.05) is 5.39 Å². The minimum atomic E-state index is -3.33. The number of furan rings is 1. The fraction of sp³-hybridized carbons (Fsp3) is 0.227. The highest BCUT2D eigenvalue weighted by molar-refractivity contribution is 7.92. The van der Waals surface area contributed by atoms with Gasteiger partial charge in [0.2, 0.25) is 5.89 Å². The summed E-state index contributed by atoms with van der Waals surface area (Å²) in [4.78, 5) is 12.8. The van der Waals surface area contributed by atoms with E-state index in [9.17, 15) is 13.2 Å². The number of sulfone groups is 1. The molecule has 0 saturated heterocycles. The number of fused-ring (bicyclic) bond motifs is 1. The highest BCUT2D eigenvalue weighted by Crippen LogP contribution is 2.28. The molecule has 0 aliphatic carbocycles. The normalized spacial score (nSPS) is 11.8. The van der Waals surface area contributed by atoms with Crippen molar-refractivity contribution < 1.29 is 26.8 Å². The first-order valence-corrected chi connectivity index (χ1v) is 11.4. The van der Waals surface area contributed by atoms with Gasteiger partial charge in [-0.15, -0.1) is 5.10 Å². The predicted molar refractivity (Wildman–Crippen MR) is 117 cm³/mol. The number of hydrogen-bond acceptors (Lipinski definition) is 8. The molecule has 0 atom stereocenters. The van der Waals surface area contributed by atoms with Crippen LogP contribution in [0.15, 0.2) is 62.3 Å². The Morgan fingerprint density at radius 3 is 2.53 bits per heavy atom. The quantitative estimate of drug-likeness (QED) is 0.445. The first-order valence-electron chi connectivity index (χ1n) is 9.81. The number of carbonyl (C=O) groups is 1. The molecule has 32 heavy (non-hydrogen) atoms. The summed E-state index contributed by atoms with van der Waals surface area (Å²) in [5.74, 6) is 0.327. The Kier molecular flexibility index (Phi) is 5.70. The van der Waals surface area contributed by atoms with E-state index in [1.165, 1.54) is 7.11 Å². The summed E-state index contributed by atoms with van der Waals surface area (Å²) in [7, 11) is -1.81. The van der Waals surface area contributed by atoms with Crippen molar-refractivity contribution in [2.75, 3.05) is 12.4 Å². The number of rotatable bonds is 7. The molecule has 9 nitrogen and oxygen atoms in total. The number of nitrogens with one attached hydrogen (secondary N) is 1. The second-order valence-electron chi connectivity index (χ2n) is 7.36. The Hall–Kier alpha value is -3.66. The monoisotopic (exact) mass is 455 g/mol. The van der Waals surface area contributed by atoms with E-state index in [1.807, 2.05) is 0 Å². The second-order valence-corrected chi connectivity index (χ2v) is 9.86. The Morgan fingerprint density at radius 2 is 1.84 bits per heavy atom. The molecule has 0 aliphatic heterocycles. The van der Waals surface area contributed by atoms with E-state index in [1.54, 1.807) is 62.4 Å². The molecule has 1 N–H and O–H groups in total. The number of ether oxygens (including phenoxy) is 1. The third kappa shape index (κ3) is 4.22. The first kappa shape index (κ1) is 21.6. The third-order valence-electron chi connectivity index (χ3n) is 4.87. The van der Waals surface area contributed by atoms with Crippen molar-refractivity contribution in [1.82, 2.24) is 10.2 Å². The fourth-order valence-corrected chi connectivity index (χ4v) is 4.15. The zero-order valence-electron chi connectivity index (χ0n) is 17.7. The van der Waals surface area contributed by atoms with Crippen LogP contribution in [0.3, 0.4) is 0 Å². The number of amides is 1. The molecule has 0 fully saturated rings. The second kappa shape index (κ2) is 8.46. The number of nitrogens with zero attached hydrogens (tertiary/aromatic N) is 2. The predicted octanol–water partition coefficient (Wildman–Crippen LogP) is 3.85. The summed E-state index contributed by atoms with van der Waals surface area (Å²) in [6.07, 6.45) is 0.284. The molecule has 0 aliphatic rings. The lowest BCUT2D eigenvalue weighted by Gasteiger charge is -2.08. The average Bonchev–Trinajstić information content (AvgIpc) is 3.40. The van der Waals surface area contributed by atoms with E-state index < -0.39 is 21.0 Å². The Morgan fingerprint density at radius 1 is 1.09 bits per heavy atom. The van der Waals surface area contributed by atoms with Crippen LogP contribution in [0.4, 0.5) is 6.01 Å². The van der Waals surface area contributed by atoms with Crippen LogP contribution in [0.5, 0.6) is 5.75 Å². The van der Waals surface area contributed by atoms with Crippen molar-refractivity contribution in [3.63, 3.8) is 0 Å².